The highest BCUT2D eigenvalue weighted by atomic mass is 19.1. The minimum Gasteiger partial charge on any atom is -0.348 e. The number of hydrogen-bond acceptors (Lipinski definition) is 2. The van der Waals surface area contributed by atoms with Crippen molar-refractivity contribution < 1.29 is 9.18 Å². The van der Waals surface area contributed by atoms with E-state index in [4.69, 9.17) is 0 Å². The van der Waals surface area contributed by atoms with Gasteiger partial charge in [-0.1, -0.05) is 30.3 Å². The quantitative estimate of drug-likeness (QED) is 0.553. The molecule has 0 radical (unpaired) electrons. The highest BCUT2D eigenvalue weighted by Gasteiger charge is 2.22. The van der Waals surface area contributed by atoms with Crippen LogP contribution in [0.4, 0.5) is 4.39 Å². The average Bonchev–Trinajstić information content (AvgIpc) is 3.07. The summed E-state index contributed by atoms with van der Waals surface area (Å²) in [6.07, 6.45) is 1.78. The number of aromatic nitrogens is 1. The summed E-state index contributed by atoms with van der Waals surface area (Å²) in [6.45, 7) is 0.524. The lowest BCUT2D eigenvalue weighted by atomic mass is 9.90. The van der Waals surface area contributed by atoms with E-state index in [2.05, 4.69) is 22.4 Å². The molecule has 4 heteroatoms. The third kappa shape index (κ3) is 2.66. The summed E-state index contributed by atoms with van der Waals surface area (Å²) in [4.78, 5) is 16.6. The SMILES string of the molecule is O=C1NCc2cc(-c3ccc4cccnc4c3)c(-c3ccc(F)cc3)cc21. The van der Waals surface area contributed by atoms with Crippen molar-refractivity contribution in [1.29, 1.82) is 0 Å². The van der Waals surface area contributed by atoms with E-state index in [1.807, 2.05) is 30.3 Å². The number of carbonyl (C=O) groups is 1. The lowest BCUT2D eigenvalue weighted by molar-refractivity contribution is 0.0966. The smallest absolute Gasteiger partial charge is 0.251 e. The van der Waals surface area contributed by atoms with Gasteiger partial charge in [0.1, 0.15) is 5.82 Å². The molecule has 27 heavy (non-hydrogen) atoms. The Bertz CT molecular complexity index is 1200. The van der Waals surface area contributed by atoms with Crippen LogP contribution in [0, 0.1) is 5.82 Å². The third-order valence-corrected chi connectivity index (χ3v) is 5.00. The molecular weight excluding hydrogens is 339 g/mol. The average molecular weight is 354 g/mol. The number of fused-ring (bicyclic) bond motifs is 2. The maximum atomic E-state index is 13.4. The van der Waals surface area contributed by atoms with Gasteiger partial charge in [0.05, 0.1) is 5.52 Å². The Kier molecular flexibility index (Phi) is 3.50. The van der Waals surface area contributed by atoms with E-state index in [1.165, 1.54) is 12.1 Å². The summed E-state index contributed by atoms with van der Waals surface area (Å²) in [5.41, 5.74) is 6.36. The molecule has 0 aliphatic carbocycles. The lowest BCUT2D eigenvalue weighted by Gasteiger charge is -2.13. The number of nitrogens with one attached hydrogen (secondary N) is 1. The molecule has 0 atom stereocenters. The molecule has 1 aliphatic rings. The van der Waals surface area contributed by atoms with Crippen molar-refractivity contribution in [2.75, 3.05) is 0 Å². The van der Waals surface area contributed by atoms with Gasteiger partial charge in [-0.3, -0.25) is 9.78 Å². The molecule has 0 bridgehead atoms. The van der Waals surface area contributed by atoms with Crippen LogP contribution in [-0.4, -0.2) is 10.9 Å². The molecule has 1 N–H and O–H groups in total. The van der Waals surface area contributed by atoms with E-state index >= 15 is 0 Å². The maximum absolute atomic E-state index is 13.4. The van der Waals surface area contributed by atoms with Crippen molar-refractivity contribution in [1.82, 2.24) is 10.3 Å². The molecule has 0 fully saturated rings. The third-order valence-electron chi connectivity index (χ3n) is 5.00. The predicted octanol–water partition coefficient (Wildman–Crippen LogP) is 4.95. The van der Waals surface area contributed by atoms with Crippen LogP contribution in [0.5, 0.6) is 0 Å². The molecule has 4 aromatic rings. The highest BCUT2D eigenvalue weighted by Crippen LogP contribution is 2.37. The molecule has 0 spiro atoms. The van der Waals surface area contributed by atoms with Gasteiger partial charge >= 0.3 is 0 Å². The van der Waals surface area contributed by atoms with Crippen molar-refractivity contribution in [3.63, 3.8) is 0 Å². The number of carbonyl (C=O) groups excluding carboxylic acids is 1. The molecule has 3 aromatic carbocycles. The zero-order valence-corrected chi connectivity index (χ0v) is 14.4. The lowest BCUT2D eigenvalue weighted by Crippen LogP contribution is -2.12. The number of pyridine rings is 1. The van der Waals surface area contributed by atoms with Crippen LogP contribution in [-0.2, 0) is 6.54 Å². The molecule has 0 saturated heterocycles. The largest absolute Gasteiger partial charge is 0.348 e. The van der Waals surface area contributed by atoms with Gasteiger partial charge in [-0.2, -0.15) is 0 Å². The minimum absolute atomic E-state index is 0.0694. The molecule has 1 amide bonds. The molecule has 1 aliphatic heterocycles. The van der Waals surface area contributed by atoms with Crippen molar-refractivity contribution in [2.24, 2.45) is 0 Å². The van der Waals surface area contributed by atoms with E-state index < -0.39 is 0 Å². The van der Waals surface area contributed by atoms with Crippen LogP contribution < -0.4 is 5.32 Å². The molecule has 0 saturated carbocycles. The summed E-state index contributed by atoms with van der Waals surface area (Å²) in [7, 11) is 0. The summed E-state index contributed by atoms with van der Waals surface area (Å²) in [5, 5.41) is 3.94. The second-order valence-electron chi connectivity index (χ2n) is 6.66. The van der Waals surface area contributed by atoms with Gasteiger partial charge in [0.15, 0.2) is 0 Å². The van der Waals surface area contributed by atoms with Gasteiger partial charge < -0.3 is 5.32 Å². The standard InChI is InChI=1S/C23H15FN2O/c24-18-7-5-14(6-8-18)20-12-21-17(13-26-23(21)27)10-19(20)16-4-3-15-2-1-9-25-22(15)11-16/h1-12H,13H2,(H,26,27). The first-order valence-electron chi connectivity index (χ1n) is 8.75. The monoisotopic (exact) mass is 354 g/mol. The number of halogens is 1. The molecular formula is C23H15FN2O. The van der Waals surface area contributed by atoms with Crippen LogP contribution in [0.2, 0.25) is 0 Å². The predicted molar refractivity (Wildman–Crippen MR) is 104 cm³/mol. The molecule has 3 nitrogen and oxygen atoms in total. The summed E-state index contributed by atoms with van der Waals surface area (Å²) >= 11 is 0. The van der Waals surface area contributed by atoms with E-state index in [0.29, 0.717) is 12.1 Å². The number of hydrogen-bond donors (Lipinski definition) is 1. The Morgan fingerprint density at radius 2 is 1.63 bits per heavy atom. The van der Waals surface area contributed by atoms with Crippen LogP contribution in [0.25, 0.3) is 33.2 Å². The van der Waals surface area contributed by atoms with Crippen molar-refractivity contribution in [2.45, 2.75) is 6.54 Å². The summed E-state index contributed by atoms with van der Waals surface area (Å²) in [5.74, 6) is -0.353. The topological polar surface area (TPSA) is 42.0 Å². The first-order chi connectivity index (χ1) is 13.2. The van der Waals surface area contributed by atoms with Crippen molar-refractivity contribution in [3.8, 4) is 22.3 Å². The number of benzene rings is 3. The summed E-state index contributed by atoms with van der Waals surface area (Å²) in [6, 6.07) is 20.4. The fourth-order valence-corrected chi connectivity index (χ4v) is 3.61. The van der Waals surface area contributed by atoms with Gasteiger partial charge in [-0.25, -0.2) is 4.39 Å². The minimum atomic E-state index is -0.283. The molecule has 0 unspecified atom stereocenters. The van der Waals surface area contributed by atoms with Gasteiger partial charge in [0.25, 0.3) is 5.91 Å². The first-order valence-corrected chi connectivity index (χ1v) is 8.75. The van der Waals surface area contributed by atoms with E-state index in [1.54, 1.807) is 18.3 Å². The Morgan fingerprint density at radius 3 is 2.48 bits per heavy atom. The first kappa shape index (κ1) is 15.7. The van der Waals surface area contributed by atoms with E-state index in [9.17, 15) is 9.18 Å². The molecule has 5 rings (SSSR count). The number of rotatable bonds is 2. The fourth-order valence-electron chi connectivity index (χ4n) is 3.61. The maximum Gasteiger partial charge on any atom is 0.251 e. The zero-order chi connectivity index (χ0) is 18.4. The summed E-state index contributed by atoms with van der Waals surface area (Å²) < 4.78 is 13.4. The second kappa shape index (κ2) is 6.02. The van der Waals surface area contributed by atoms with Crippen LogP contribution >= 0.6 is 0 Å². The number of amides is 1. The van der Waals surface area contributed by atoms with Crippen LogP contribution in [0.15, 0.2) is 72.9 Å². The van der Waals surface area contributed by atoms with Gasteiger partial charge in [0.2, 0.25) is 0 Å². The highest BCUT2D eigenvalue weighted by molar-refractivity contribution is 6.02. The molecule has 2 heterocycles. The Hall–Kier alpha value is -3.53. The fraction of sp³-hybridized carbons (Fsp3) is 0.0435. The van der Waals surface area contributed by atoms with Gasteiger partial charge in [-0.15, -0.1) is 0 Å². The van der Waals surface area contributed by atoms with Gasteiger partial charge in [0, 0.05) is 23.7 Å². The normalized spacial score (nSPS) is 12.9. The Labute approximate surface area is 155 Å². The Balaban J connectivity index is 1.76. The van der Waals surface area contributed by atoms with Crippen LogP contribution in [0.1, 0.15) is 15.9 Å². The van der Waals surface area contributed by atoms with Crippen molar-refractivity contribution >= 4 is 16.8 Å². The second-order valence-corrected chi connectivity index (χ2v) is 6.66. The van der Waals surface area contributed by atoms with Crippen LogP contribution in [0.3, 0.4) is 0 Å². The Morgan fingerprint density at radius 1 is 0.852 bits per heavy atom. The van der Waals surface area contributed by atoms with E-state index in [0.717, 1.165) is 38.7 Å². The van der Waals surface area contributed by atoms with E-state index in [-0.39, 0.29) is 11.7 Å². The number of nitrogens with zero attached hydrogens (tertiary/aromatic N) is 1. The zero-order valence-electron chi connectivity index (χ0n) is 14.4. The molecule has 130 valence electrons. The van der Waals surface area contributed by atoms with Crippen molar-refractivity contribution in [3.05, 3.63) is 89.9 Å². The molecule has 1 aromatic heterocycles. The van der Waals surface area contributed by atoms with Gasteiger partial charge in [-0.05, 0) is 64.2 Å².